The fraction of sp³-hybridized carbons (Fsp3) is 0.217. The summed E-state index contributed by atoms with van der Waals surface area (Å²) in [7, 11) is 0. The Kier molecular flexibility index (Phi) is 6.47. The summed E-state index contributed by atoms with van der Waals surface area (Å²) in [5.41, 5.74) is 2.92. The number of anilines is 1. The number of aromatic nitrogens is 4. The number of furan rings is 1. The van der Waals surface area contributed by atoms with Gasteiger partial charge in [-0.05, 0) is 47.9 Å². The molecule has 158 valence electrons. The summed E-state index contributed by atoms with van der Waals surface area (Å²) in [4.78, 5) is 16.6. The third-order valence-corrected chi connectivity index (χ3v) is 5.71. The first-order valence-corrected chi connectivity index (χ1v) is 11.0. The molecule has 7 nitrogen and oxygen atoms in total. The van der Waals surface area contributed by atoms with Crippen molar-refractivity contribution in [1.82, 2.24) is 19.7 Å². The topological polar surface area (TPSA) is 85.8 Å². The van der Waals surface area contributed by atoms with Crippen molar-refractivity contribution >= 4 is 23.4 Å². The maximum atomic E-state index is 12.5. The molecule has 0 saturated heterocycles. The average molecular weight is 434 g/mol. The summed E-state index contributed by atoms with van der Waals surface area (Å²) in [6.07, 6.45) is 5.06. The van der Waals surface area contributed by atoms with Crippen LogP contribution in [0.2, 0.25) is 0 Å². The Labute approximate surface area is 184 Å². The Morgan fingerprint density at radius 3 is 2.55 bits per heavy atom. The molecule has 4 aromatic rings. The summed E-state index contributed by atoms with van der Waals surface area (Å²) in [5.74, 6) is 2.06. The number of nitrogens with one attached hydrogen (secondary N) is 1. The molecule has 4 rings (SSSR count). The SMILES string of the molecule is CC(C)c1ccc(NC(=O)CSc2nnc(-c3ccncc3)n2Cc2ccco2)cc1. The molecule has 0 bridgehead atoms. The molecule has 0 spiro atoms. The van der Waals surface area contributed by atoms with Crippen molar-refractivity contribution < 1.29 is 9.21 Å². The molecule has 1 N–H and O–H groups in total. The first kappa shape index (κ1) is 20.9. The summed E-state index contributed by atoms with van der Waals surface area (Å²) < 4.78 is 7.45. The Morgan fingerprint density at radius 2 is 1.87 bits per heavy atom. The van der Waals surface area contributed by atoms with Crippen LogP contribution in [0.1, 0.15) is 31.1 Å². The van der Waals surface area contributed by atoms with Gasteiger partial charge in [0, 0.05) is 23.6 Å². The lowest BCUT2D eigenvalue weighted by atomic mass is 10.0. The Balaban J connectivity index is 1.47. The molecule has 0 radical (unpaired) electrons. The molecule has 1 aromatic carbocycles. The minimum atomic E-state index is -0.0969. The largest absolute Gasteiger partial charge is 0.467 e. The second-order valence-electron chi connectivity index (χ2n) is 7.32. The monoisotopic (exact) mass is 433 g/mol. The van der Waals surface area contributed by atoms with Gasteiger partial charge in [0.1, 0.15) is 5.76 Å². The summed E-state index contributed by atoms with van der Waals surface area (Å²) >= 11 is 1.34. The molecule has 3 heterocycles. The standard InChI is InChI=1S/C23H23N5O2S/c1-16(2)17-5-7-19(8-6-17)25-21(29)15-31-23-27-26-22(18-9-11-24-12-10-18)28(23)14-20-4-3-13-30-20/h3-13,16H,14-15H2,1-2H3,(H,25,29). The summed E-state index contributed by atoms with van der Waals surface area (Å²) in [5, 5.41) is 12.2. The third-order valence-electron chi connectivity index (χ3n) is 4.74. The van der Waals surface area contributed by atoms with Crippen molar-refractivity contribution in [3.8, 4) is 11.4 Å². The van der Waals surface area contributed by atoms with Gasteiger partial charge in [0.15, 0.2) is 11.0 Å². The Hall–Kier alpha value is -3.39. The normalized spacial score (nSPS) is 11.1. The minimum Gasteiger partial charge on any atom is -0.467 e. The average Bonchev–Trinajstić information content (AvgIpc) is 3.44. The van der Waals surface area contributed by atoms with Gasteiger partial charge in [-0.1, -0.05) is 37.7 Å². The highest BCUT2D eigenvalue weighted by molar-refractivity contribution is 7.99. The van der Waals surface area contributed by atoms with E-state index in [1.165, 1.54) is 17.3 Å². The first-order valence-electron chi connectivity index (χ1n) is 9.99. The van der Waals surface area contributed by atoms with Crippen molar-refractivity contribution in [1.29, 1.82) is 0 Å². The second-order valence-corrected chi connectivity index (χ2v) is 8.26. The molecule has 0 atom stereocenters. The number of thioether (sulfide) groups is 1. The molecule has 0 fully saturated rings. The Morgan fingerprint density at radius 1 is 1.10 bits per heavy atom. The van der Waals surface area contributed by atoms with Crippen LogP contribution in [0.3, 0.4) is 0 Å². The number of carbonyl (C=O) groups is 1. The van der Waals surface area contributed by atoms with Gasteiger partial charge in [0.05, 0.1) is 18.6 Å². The van der Waals surface area contributed by atoms with Gasteiger partial charge in [-0.15, -0.1) is 10.2 Å². The van der Waals surface area contributed by atoms with Crippen LogP contribution in [0.25, 0.3) is 11.4 Å². The highest BCUT2D eigenvalue weighted by atomic mass is 32.2. The number of hydrogen-bond donors (Lipinski definition) is 1. The second kappa shape index (κ2) is 9.61. The van der Waals surface area contributed by atoms with Crippen LogP contribution in [0, 0.1) is 0 Å². The van der Waals surface area contributed by atoms with E-state index in [2.05, 4.69) is 34.3 Å². The summed E-state index contributed by atoms with van der Waals surface area (Å²) in [6.45, 7) is 4.75. The van der Waals surface area contributed by atoms with E-state index < -0.39 is 0 Å². The summed E-state index contributed by atoms with van der Waals surface area (Å²) in [6, 6.07) is 15.4. The number of amides is 1. The van der Waals surface area contributed by atoms with Crippen LogP contribution < -0.4 is 5.32 Å². The van der Waals surface area contributed by atoms with E-state index in [1.54, 1.807) is 18.7 Å². The van der Waals surface area contributed by atoms with Gasteiger partial charge in [0.2, 0.25) is 5.91 Å². The molecule has 0 aliphatic rings. The van der Waals surface area contributed by atoms with Crippen LogP contribution >= 0.6 is 11.8 Å². The fourth-order valence-corrected chi connectivity index (χ4v) is 3.83. The van der Waals surface area contributed by atoms with Crippen molar-refractivity contribution in [2.75, 3.05) is 11.1 Å². The molecule has 3 aromatic heterocycles. The smallest absolute Gasteiger partial charge is 0.234 e. The molecular weight excluding hydrogens is 410 g/mol. The number of nitrogens with zero attached hydrogens (tertiary/aromatic N) is 4. The van der Waals surface area contributed by atoms with Crippen molar-refractivity contribution in [2.45, 2.75) is 31.5 Å². The number of hydrogen-bond acceptors (Lipinski definition) is 6. The molecule has 0 aliphatic heterocycles. The van der Waals surface area contributed by atoms with Crippen LogP contribution in [0.5, 0.6) is 0 Å². The molecule has 31 heavy (non-hydrogen) atoms. The van der Waals surface area contributed by atoms with E-state index in [9.17, 15) is 4.79 Å². The maximum Gasteiger partial charge on any atom is 0.234 e. The zero-order valence-corrected chi connectivity index (χ0v) is 18.2. The predicted octanol–water partition coefficient (Wildman–Crippen LogP) is 4.84. The molecule has 8 heteroatoms. The lowest BCUT2D eigenvalue weighted by Crippen LogP contribution is -2.15. The van der Waals surface area contributed by atoms with Crippen molar-refractivity contribution in [3.63, 3.8) is 0 Å². The van der Waals surface area contributed by atoms with Gasteiger partial charge in [-0.2, -0.15) is 0 Å². The lowest BCUT2D eigenvalue weighted by Gasteiger charge is -2.10. The molecule has 1 amide bonds. The van der Waals surface area contributed by atoms with Crippen molar-refractivity contribution in [2.24, 2.45) is 0 Å². The van der Waals surface area contributed by atoms with Crippen LogP contribution in [-0.2, 0) is 11.3 Å². The molecule has 0 saturated carbocycles. The number of carbonyl (C=O) groups excluding carboxylic acids is 1. The number of benzene rings is 1. The third kappa shape index (κ3) is 5.21. The van der Waals surface area contributed by atoms with E-state index in [1.807, 2.05) is 53.1 Å². The lowest BCUT2D eigenvalue weighted by molar-refractivity contribution is -0.113. The zero-order chi connectivity index (χ0) is 21.6. The quantitative estimate of drug-likeness (QED) is 0.400. The van der Waals surface area contributed by atoms with Crippen LogP contribution in [0.4, 0.5) is 5.69 Å². The highest BCUT2D eigenvalue weighted by Gasteiger charge is 2.17. The van der Waals surface area contributed by atoms with E-state index >= 15 is 0 Å². The van der Waals surface area contributed by atoms with Gasteiger partial charge in [0.25, 0.3) is 0 Å². The Bertz CT molecular complexity index is 1120. The van der Waals surface area contributed by atoms with Gasteiger partial charge >= 0.3 is 0 Å². The van der Waals surface area contributed by atoms with E-state index in [0.29, 0.717) is 23.4 Å². The van der Waals surface area contributed by atoms with E-state index in [0.717, 1.165) is 17.0 Å². The molecular formula is C23H23N5O2S. The number of pyridine rings is 1. The molecule has 0 unspecified atom stereocenters. The van der Waals surface area contributed by atoms with Gasteiger partial charge in [-0.3, -0.25) is 14.3 Å². The minimum absolute atomic E-state index is 0.0969. The van der Waals surface area contributed by atoms with E-state index in [-0.39, 0.29) is 11.7 Å². The van der Waals surface area contributed by atoms with Gasteiger partial charge in [-0.25, -0.2) is 0 Å². The first-order chi connectivity index (χ1) is 15.1. The number of rotatable bonds is 8. The zero-order valence-electron chi connectivity index (χ0n) is 17.4. The van der Waals surface area contributed by atoms with Crippen LogP contribution in [0.15, 0.2) is 76.8 Å². The van der Waals surface area contributed by atoms with E-state index in [4.69, 9.17) is 4.42 Å². The highest BCUT2D eigenvalue weighted by Crippen LogP contribution is 2.25. The van der Waals surface area contributed by atoms with Gasteiger partial charge < -0.3 is 9.73 Å². The van der Waals surface area contributed by atoms with Crippen LogP contribution in [-0.4, -0.2) is 31.4 Å². The molecule has 0 aliphatic carbocycles. The maximum absolute atomic E-state index is 12.5. The van der Waals surface area contributed by atoms with Crippen molar-refractivity contribution in [3.05, 3.63) is 78.5 Å². The predicted molar refractivity (Wildman–Crippen MR) is 121 cm³/mol. The fourth-order valence-electron chi connectivity index (χ4n) is 3.09.